The minimum Gasteiger partial charge on any atom is -0.450 e. The normalized spacial score (nSPS) is 15.6. The highest BCUT2D eigenvalue weighted by Gasteiger charge is 2.55. The predicted molar refractivity (Wildman–Crippen MR) is 309 cm³/mol. The topological polar surface area (TPSA) is 149 Å². The molecule has 2 aliphatic heterocycles. The number of alkyl halides is 1. The van der Waals surface area contributed by atoms with Crippen molar-refractivity contribution in [3.05, 3.63) is 274 Å². The van der Waals surface area contributed by atoms with E-state index in [1.807, 2.05) is 212 Å². The zero-order chi connectivity index (χ0) is 53.4. The predicted octanol–water partition coefficient (Wildman–Crippen LogP) is 11.8. The first-order chi connectivity index (χ1) is 37.6. The number of hydrogen-bond acceptors (Lipinski definition) is 12. The van der Waals surface area contributed by atoms with E-state index in [2.05, 4.69) is 38.4 Å². The third kappa shape index (κ3) is 11.2. The smallest absolute Gasteiger partial charge is 0.356 e. The van der Waals surface area contributed by atoms with Crippen molar-refractivity contribution in [2.75, 3.05) is 15.5 Å². The molecule has 1 aromatic heterocycles. The fourth-order valence-corrected chi connectivity index (χ4v) is 12.4. The number of oxime groups is 1. The first-order valence-corrected chi connectivity index (χ1v) is 28.3. The number of amides is 2. The van der Waals surface area contributed by atoms with Crippen molar-refractivity contribution >= 4 is 80.3 Å². The molecule has 8 aromatic rings. The SMILES string of the molecule is CC(C)(ON=C(C(=O)N[C@@H]1C(=O)N2C(C(=O)OC(c3ccccc3)c3ccccc3)=C(CI)CS[C@H]12)c1csc(NC(c2ccccc2)(c2ccccc2)c2ccccc2)n1)C(=O)OC(c1ccccc1)c1ccccc1. The van der Waals surface area contributed by atoms with Crippen molar-refractivity contribution in [3.63, 3.8) is 0 Å². The van der Waals surface area contributed by atoms with E-state index in [4.69, 9.17) is 19.3 Å². The highest BCUT2D eigenvalue weighted by Crippen LogP contribution is 2.43. The van der Waals surface area contributed by atoms with E-state index in [0.29, 0.717) is 15.3 Å². The maximum atomic E-state index is 15.0. The van der Waals surface area contributed by atoms with E-state index < -0.39 is 58.5 Å². The summed E-state index contributed by atoms with van der Waals surface area (Å²) in [7, 11) is 0. The number of esters is 2. The van der Waals surface area contributed by atoms with Crippen LogP contribution in [0.4, 0.5) is 5.13 Å². The van der Waals surface area contributed by atoms with Gasteiger partial charge in [-0.15, -0.1) is 23.1 Å². The summed E-state index contributed by atoms with van der Waals surface area (Å²) in [4.78, 5) is 70.7. The van der Waals surface area contributed by atoms with Gasteiger partial charge in [0, 0.05) is 15.6 Å². The second-order valence-corrected chi connectivity index (χ2v) is 21.4. The van der Waals surface area contributed by atoms with Gasteiger partial charge in [0.15, 0.2) is 23.1 Å². The van der Waals surface area contributed by atoms with Gasteiger partial charge in [0.05, 0.1) is 0 Å². The highest BCUT2D eigenvalue weighted by molar-refractivity contribution is 14.1. The quantitative estimate of drug-likeness (QED) is 0.0152. The molecule has 10 rings (SSSR count). The summed E-state index contributed by atoms with van der Waals surface area (Å²) in [5.41, 5.74) is 3.84. The van der Waals surface area contributed by atoms with Crippen LogP contribution in [-0.2, 0) is 39.0 Å². The first-order valence-electron chi connectivity index (χ1n) is 24.9. The molecule has 2 N–H and O–H groups in total. The summed E-state index contributed by atoms with van der Waals surface area (Å²) in [6.07, 6.45) is -1.52. The van der Waals surface area contributed by atoms with Gasteiger partial charge >= 0.3 is 11.9 Å². The van der Waals surface area contributed by atoms with Crippen molar-refractivity contribution in [3.8, 4) is 0 Å². The van der Waals surface area contributed by atoms with Crippen LogP contribution in [0.3, 0.4) is 0 Å². The molecule has 1 fully saturated rings. The number of thiazole rings is 1. The maximum Gasteiger partial charge on any atom is 0.356 e. The van der Waals surface area contributed by atoms with Gasteiger partial charge < -0.3 is 24.9 Å². The summed E-state index contributed by atoms with van der Waals surface area (Å²) in [5, 5.41) is 12.5. The molecule has 0 spiro atoms. The van der Waals surface area contributed by atoms with Gasteiger partial charge in [-0.2, -0.15) is 0 Å². The molecule has 0 unspecified atom stereocenters. The number of aromatic nitrogens is 1. The molecule has 2 atom stereocenters. The number of benzene rings is 7. The van der Waals surface area contributed by atoms with E-state index in [-0.39, 0.29) is 17.1 Å². The Kier molecular flexibility index (Phi) is 16.1. The average molecular weight is 1170 g/mol. The number of carbonyl (C=O) groups excluding carboxylic acids is 4. The third-order valence-electron chi connectivity index (χ3n) is 13.3. The van der Waals surface area contributed by atoms with Crippen LogP contribution < -0.4 is 10.6 Å². The maximum absolute atomic E-state index is 15.0. The Balaban J connectivity index is 0.969. The van der Waals surface area contributed by atoms with Crippen LogP contribution in [-0.4, -0.2) is 66.5 Å². The molecule has 7 aromatic carbocycles. The number of nitrogens with zero attached hydrogens (tertiary/aromatic N) is 3. The Morgan fingerprint density at radius 3 is 1.53 bits per heavy atom. The van der Waals surface area contributed by atoms with Gasteiger partial charge in [-0.05, 0) is 58.4 Å². The second kappa shape index (κ2) is 23.6. The minimum atomic E-state index is -1.75. The Morgan fingerprint density at radius 2 is 1.09 bits per heavy atom. The monoisotopic (exact) mass is 1170 g/mol. The lowest BCUT2D eigenvalue weighted by Crippen LogP contribution is -2.71. The van der Waals surface area contributed by atoms with Crippen molar-refractivity contribution in [1.82, 2.24) is 15.2 Å². The molecule has 386 valence electrons. The van der Waals surface area contributed by atoms with Crippen LogP contribution in [0.2, 0.25) is 0 Å². The zero-order valence-corrected chi connectivity index (χ0v) is 45.7. The first kappa shape index (κ1) is 52.6. The van der Waals surface area contributed by atoms with Crippen molar-refractivity contribution in [2.24, 2.45) is 5.16 Å². The minimum absolute atomic E-state index is 0.109. The third-order valence-corrected chi connectivity index (χ3v) is 16.3. The van der Waals surface area contributed by atoms with Gasteiger partial charge in [-0.3, -0.25) is 14.5 Å². The Morgan fingerprint density at radius 1 is 0.662 bits per heavy atom. The van der Waals surface area contributed by atoms with Gasteiger partial charge in [0.2, 0.25) is 5.60 Å². The molecule has 0 aliphatic carbocycles. The van der Waals surface area contributed by atoms with Gasteiger partial charge in [-0.25, -0.2) is 14.6 Å². The van der Waals surface area contributed by atoms with Gasteiger partial charge in [0.25, 0.3) is 11.8 Å². The number of thioether (sulfide) groups is 1. The molecule has 0 radical (unpaired) electrons. The standard InChI is InChI=1S/C62H52IN5O7S2/c1-61(2,59(72)74-54(43-28-14-5-15-29-43)44-30-16-6-17-31-44)75-67-50(49-40-77-60(64-49)66-62(46-32-18-7-19-33-46,47-34-20-8-21-35-47)48-36-22-9-23-37-48)55(69)65-51-56(70)68-52(45(38-63)39-76-57(51)68)58(71)73-53(41-24-10-3-11-25-41)42-26-12-4-13-27-42/h3-37,40,51,53-54,57H,38-39H2,1-2H3,(H,64,66)(H,65,69)/t51-,57-/m1/s1. The van der Waals surface area contributed by atoms with E-state index in [1.54, 1.807) is 5.38 Å². The van der Waals surface area contributed by atoms with E-state index in [0.717, 1.165) is 44.5 Å². The number of carbonyl (C=O) groups is 4. The number of anilines is 1. The second-order valence-electron chi connectivity index (χ2n) is 18.7. The number of halogens is 1. The average Bonchev–Trinajstić information content (AvgIpc) is 3.95. The van der Waals surface area contributed by atoms with E-state index in [1.165, 1.54) is 41.8 Å². The fourth-order valence-electron chi connectivity index (χ4n) is 9.35. The lowest BCUT2D eigenvalue weighted by atomic mass is 9.77. The molecule has 15 heteroatoms. The van der Waals surface area contributed by atoms with E-state index >= 15 is 0 Å². The number of nitrogens with one attached hydrogen (secondary N) is 2. The molecule has 1 saturated heterocycles. The highest BCUT2D eigenvalue weighted by atomic mass is 127. The fraction of sp³-hybridized carbons (Fsp3) is 0.161. The van der Waals surface area contributed by atoms with Crippen molar-refractivity contribution < 1.29 is 33.5 Å². The van der Waals surface area contributed by atoms with Gasteiger partial charge in [-0.1, -0.05) is 240 Å². The van der Waals surface area contributed by atoms with Crippen LogP contribution in [0, 0.1) is 0 Å². The zero-order valence-electron chi connectivity index (χ0n) is 41.9. The lowest BCUT2D eigenvalue weighted by Gasteiger charge is -2.49. The summed E-state index contributed by atoms with van der Waals surface area (Å²) in [6, 6.07) is 66.6. The van der Waals surface area contributed by atoms with Crippen LogP contribution >= 0.6 is 45.7 Å². The molecular weight excluding hydrogens is 1120 g/mol. The number of hydrogen-bond donors (Lipinski definition) is 2. The van der Waals surface area contributed by atoms with Gasteiger partial charge in [0.1, 0.15) is 28.3 Å². The van der Waals surface area contributed by atoms with Crippen LogP contribution in [0.5, 0.6) is 0 Å². The molecule has 77 heavy (non-hydrogen) atoms. The number of fused-ring (bicyclic) bond motifs is 1. The van der Waals surface area contributed by atoms with Crippen molar-refractivity contribution in [2.45, 2.75) is 48.6 Å². The largest absolute Gasteiger partial charge is 0.450 e. The van der Waals surface area contributed by atoms with Crippen LogP contribution in [0.25, 0.3) is 0 Å². The summed E-state index contributed by atoms with van der Waals surface area (Å²) in [5.74, 6) is -2.28. The molecule has 12 nitrogen and oxygen atoms in total. The molecule has 3 heterocycles. The molecule has 0 bridgehead atoms. The van der Waals surface area contributed by atoms with Crippen molar-refractivity contribution in [1.29, 1.82) is 0 Å². The number of rotatable bonds is 19. The molecule has 2 aliphatic rings. The van der Waals surface area contributed by atoms with Crippen LogP contribution in [0.15, 0.2) is 234 Å². The Labute approximate surface area is 468 Å². The van der Waals surface area contributed by atoms with E-state index in [9.17, 15) is 19.2 Å². The molecule has 0 saturated carbocycles. The molecular formula is C62H52IN5O7S2. The number of β-lactam (4-membered cyclic amide) rings is 1. The molecule has 2 amide bonds. The number of ether oxygens (including phenoxy) is 2. The Bertz CT molecular complexity index is 3230. The summed E-state index contributed by atoms with van der Waals surface area (Å²) in [6.45, 7) is 3.01. The summed E-state index contributed by atoms with van der Waals surface area (Å²) < 4.78 is 13.0. The lowest BCUT2D eigenvalue weighted by molar-refractivity contribution is -0.172. The Hall–Kier alpha value is -7.86. The summed E-state index contributed by atoms with van der Waals surface area (Å²) >= 11 is 4.87. The van der Waals surface area contributed by atoms with Crippen LogP contribution in [0.1, 0.15) is 70.7 Å².